The average Bonchev–Trinajstić information content (AvgIpc) is 2.98. The molecule has 0 N–H and O–H groups in total. The quantitative estimate of drug-likeness (QED) is 0.618. The lowest BCUT2D eigenvalue weighted by molar-refractivity contribution is 1.07. The van der Waals surface area contributed by atoms with E-state index in [2.05, 4.69) is 24.3 Å². The fourth-order valence-corrected chi connectivity index (χ4v) is 1.80. The van der Waals surface area contributed by atoms with E-state index in [9.17, 15) is 0 Å². The molecule has 0 heteroatoms. The maximum atomic E-state index is 3.35. The maximum absolute atomic E-state index is 3.35. The Labute approximate surface area is 73.6 Å². The third kappa shape index (κ3) is 1.16. The first-order chi connectivity index (χ1) is 5.93. The predicted octanol–water partition coefficient (Wildman–Crippen LogP) is 3.24. The van der Waals surface area contributed by atoms with Crippen molar-refractivity contribution in [3.05, 3.63) is 35.4 Å². The molecule has 0 heterocycles. The molecule has 2 aliphatic rings. The smallest absolute Gasteiger partial charge is 0.0146 e. The minimum atomic E-state index is 0.865. The van der Waals surface area contributed by atoms with Gasteiger partial charge in [0.25, 0.3) is 0 Å². The van der Waals surface area contributed by atoms with Gasteiger partial charge < -0.3 is 0 Å². The van der Waals surface area contributed by atoms with E-state index in [0.717, 1.165) is 11.8 Å². The topological polar surface area (TPSA) is 0 Å². The number of hydrogen-bond acceptors (Lipinski definition) is 0. The summed E-state index contributed by atoms with van der Waals surface area (Å²) in [5.74, 6) is 1.76. The number of benzene rings is 1. The molecule has 12 heavy (non-hydrogen) atoms. The molecule has 2 aliphatic carbocycles. The van der Waals surface area contributed by atoms with Crippen molar-refractivity contribution in [3.63, 3.8) is 0 Å². The van der Waals surface area contributed by atoms with E-state index in [4.69, 9.17) is 0 Å². The zero-order valence-electron chi connectivity index (χ0n) is 7.22. The largest absolute Gasteiger partial charge is 0.0581 e. The Hall–Kier alpha value is -0.780. The molecule has 0 nitrogen and oxygen atoms in total. The van der Waals surface area contributed by atoms with Crippen LogP contribution in [0, 0.1) is 6.07 Å². The Morgan fingerprint density at radius 1 is 1.08 bits per heavy atom. The van der Waals surface area contributed by atoms with Gasteiger partial charge in [0.15, 0.2) is 0 Å². The molecule has 1 aromatic rings. The Kier molecular flexibility index (Phi) is 1.31. The first kappa shape index (κ1) is 6.71. The van der Waals surface area contributed by atoms with Gasteiger partial charge in [-0.3, -0.25) is 0 Å². The van der Waals surface area contributed by atoms with E-state index in [-0.39, 0.29) is 0 Å². The van der Waals surface area contributed by atoms with Crippen LogP contribution in [0.15, 0.2) is 18.2 Å². The van der Waals surface area contributed by atoms with E-state index >= 15 is 0 Å². The molecule has 1 aromatic carbocycles. The molecule has 61 valence electrons. The summed E-state index contributed by atoms with van der Waals surface area (Å²) in [5.41, 5.74) is 3.04. The molecule has 2 saturated carbocycles. The van der Waals surface area contributed by atoms with Gasteiger partial charge in [-0.05, 0) is 54.7 Å². The Bertz CT molecular complexity index is 265. The highest BCUT2D eigenvalue weighted by molar-refractivity contribution is 5.32. The summed E-state index contributed by atoms with van der Waals surface area (Å²) >= 11 is 0. The van der Waals surface area contributed by atoms with E-state index in [1.54, 1.807) is 5.56 Å². The van der Waals surface area contributed by atoms with Crippen LogP contribution in [-0.4, -0.2) is 0 Å². The van der Waals surface area contributed by atoms with Gasteiger partial charge in [0, 0.05) is 0 Å². The first-order valence-electron chi connectivity index (χ1n) is 4.95. The van der Waals surface area contributed by atoms with Crippen LogP contribution in [0.4, 0.5) is 0 Å². The highest BCUT2D eigenvalue weighted by atomic mass is 14.3. The van der Waals surface area contributed by atoms with Crippen molar-refractivity contribution in [3.8, 4) is 0 Å². The SMILES string of the molecule is [c]1ccc(C2CC2)cc1C1CC1. The van der Waals surface area contributed by atoms with Gasteiger partial charge in [-0.25, -0.2) is 0 Å². The van der Waals surface area contributed by atoms with Crippen LogP contribution in [0.1, 0.15) is 48.6 Å². The van der Waals surface area contributed by atoms with Crippen molar-refractivity contribution >= 4 is 0 Å². The van der Waals surface area contributed by atoms with Gasteiger partial charge in [-0.1, -0.05) is 18.2 Å². The van der Waals surface area contributed by atoms with Crippen LogP contribution in [0.5, 0.6) is 0 Å². The number of hydrogen-bond donors (Lipinski definition) is 0. The van der Waals surface area contributed by atoms with Gasteiger partial charge in [-0.15, -0.1) is 0 Å². The van der Waals surface area contributed by atoms with Crippen molar-refractivity contribution in [2.24, 2.45) is 0 Å². The summed E-state index contributed by atoms with van der Waals surface area (Å²) < 4.78 is 0. The van der Waals surface area contributed by atoms with Gasteiger partial charge in [-0.2, -0.15) is 0 Å². The highest BCUT2D eigenvalue weighted by Gasteiger charge is 2.27. The second-order valence-corrected chi connectivity index (χ2v) is 4.13. The Morgan fingerprint density at radius 2 is 1.83 bits per heavy atom. The average molecular weight is 157 g/mol. The van der Waals surface area contributed by atoms with Gasteiger partial charge in [0.2, 0.25) is 0 Å². The van der Waals surface area contributed by atoms with Crippen LogP contribution in [-0.2, 0) is 0 Å². The van der Waals surface area contributed by atoms with E-state index in [1.165, 1.54) is 31.2 Å². The highest BCUT2D eigenvalue weighted by Crippen LogP contribution is 2.44. The van der Waals surface area contributed by atoms with E-state index in [0.29, 0.717) is 0 Å². The van der Waals surface area contributed by atoms with Crippen molar-refractivity contribution in [2.75, 3.05) is 0 Å². The second-order valence-electron chi connectivity index (χ2n) is 4.13. The molecule has 0 bridgehead atoms. The molecule has 0 aliphatic heterocycles. The summed E-state index contributed by atoms with van der Waals surface area (Å²) in [6, 6.07) is 10.1. The Balaban J connectivity index is 1.93. The lowest BCUT2D eigenvalue weighted by Gasteiger charge is -2.00. The maximum Gasteiger partial charge on any atom is -0.0146 e. The molecule has 0 amide bonds. The molecular weight excluding hydrogens is 144 g/mol. The normalized spacial score (nSPS) is 22.7. The zero-order chi connectivity index (χ0) is 7.97. The van der Waals surface area contributed by atoms with Crippen LogP contribution >= 0.6 is 0 Å². The van der Waals surface area contributed by atoms with E-state index in [1.807, 2.05) is 0 Å². The first-order valence-corrected chi connectivity index (χ1v) is 4.95. The third-order valence-corrected chi connectivity index (χ3v) is 2.91. The third-order valence-electron chi connectivity index (χ3n) is 2.91. The summed E-state index contributed by atoms with van der Waals surface area (Å²) in [6.45, 7) is 0. The van der Waals surface area contributed by atoms with Crippen LogP contribution < -0.4 is 0 Å². The van der Waals surface area contributed by atoms with Gasteiger partial charge in [0.1, 0.15) is 0 Å². The molecule has 0 saturated heterocycles. The molecule has 1 radical (unpaired) electrons. The standard InChI is InChI=1S/C12H13/c1-2-11(9-4-5-9)8-12(3-1)10-6-7-10/h1-2,8-10H,4-7H2. The summed E-state index contributed by atoms with van der Waals surface area (Å²) in [6.07, 6.45) is 5.61. The minimum Gasteiger partial charge on any atom is -0.0581 e. The monoisotopic (exact) mass is 157 g/mol. The molecule has 0 unspecified atom stereocenters. The van der Waals surface area contributed by atoms with Crippen molar-refractivity contribution in [1.82, 2.24) is 0 Å². The van der Waals surface area contributed by atoms with E-state index < -0.39 is 0 Å². The molecular formula is C12H13. The van der Waals surface area contributed by atoms with Crippen molar-refractivity contribution in [2.45, 2.75) is 37.5 Å². The minimum absolute atomic E-state index is 0.865. The van der Waals surface area contributed by atoms with Crippen molar-refractivity contribution in [1.29, 1.82) is 0 Å². The number of rotatable bonds is 2. The second kappa shape index (κ2) is 2.35. The molecule has 0 spiro atoms. The fraction of sp³-hybridized carbons (Fsp3) is 0.500. The molecule has 3 rings (SSSR count). The van der Waals surface area contributed by atoms with Crippen LogP contribution in [0.3, 0.4) is 0 Å². The summed E-state index contributed by atoms with van der Waals surface area (Å²) in [7, 11) is 0. The summed E-state index contributed by atoms with van der Waals surface area (Å²) in [5, 5.41) is 0. The summed E-state index contributed by atoms with van der Waals surface area (Å²) in [4.78, 5) is 0. The van der Waals surface area contributed by atoms with Gasteiger partial charge >= 0.3 is 0 Å². The molecule has 2 fully saturated rings. The predicted molar refractivity (Wildman–Crippen MR) is 49.2 cm³/mol. The van der Waals surface area contributed by atoms with Crippen molar-refractivity contribution < 1.29 is 0 Å². The molecule has 0 aromatic heterocycles. The lowest BCUT2D eigenvalue weighted by Crippen LogP contribution is -1.83. The van der Waals surface area contributed by atoms with Gasteiger partial charge in [0.05, 0.1) is 0 Å². The Morgan fingerprint density at radius 3 is 2.50 bits per heavy atom. The van der Waals surface area contributed by atoms with Crippen LogP contribution in [0.2, 0.25) is 0 Å². The molecule has 0 atom stereocenters. The zero-order valence-corrected chi connectivity index (χ0v) is 7.22. The fourth-order valence-electron chi connectivity index (χ4n) is 1.80. The lowest BCUT2D eigenvalue weighted by atomic mass is 10.0. The van der Waals surface area contributed by atoms with Crippen LogP contribution in [0.25, 0.3) is 0 Å².